The molecule has 9 aromatic carbocycles. The third kappa shape index (κ3) is 9.40. The van der Waals surface area contributed by atoms with Crippen LogP contribution in [0.15, 0.2) is 194 Å². The number of rotatable bonds is 7. The molecule has 82 heavy (non-hydrogen) atoms. The largest absolute Gasteiger partial charge is 0.420 e. The van der Waals surface area contributed by atoms with Crippen LogP contribution in [0.4, 0.5) is 65.9 Å². The molecule has 3 heterocycles. The van der Waals surface area contributed by atoms with Gasteiger partial charge in [0.2, 0.25) is 0 Å². The molecule has 0 aliphatic rings. The normalized spacial score (nSPS) is 12.8. The maximum Gasteiger partial charge on any atom is 0.420 e. The first kappa shape index (κ1) is 53.2. The highest BCUT2D eigenvalue weighted by molar-refractivity contribution is 6.12. The lowest BCUT2D eigenvalue weighted by Gasteiger charge is -2.23. The fourth-order valence-corrected chi connectivity index (χ4v) is 10.5. The minimum atomic E-state index is -5.31. The molecule has 0 aliphatic carbocycles. The van der Waals surface area contributed by atoms with E-state index in [4.69, 9.17) is 15.0 Å². The smallest absolute Gasteiger partial charge is 0.309 e. The Morgan fingerprint density at radius 3 is 0.988 bits per heavy atom. The first-order chi connectivity index (χ1) is 38.8. The number of fused-ring (bicyclic) bond motifs is 6. The highest BCUT2D eigenvalue weighted by Crippen LogP contribution is 2.49. The van der Waals surface area contributed by atoms with Crippen LogP contribution < -0.4 is 0 Å². The second-order valence-electron chi connectivity index (χ2n) is 19.1. The standard InChI is InChI=1S/C62H32F15N5/c63-58(64,65)38-21-23-40(46(31-38)60(69,70)71)35-19-25-50-44(27-35)42-15-7-9-17-48(42)81(50)52-29-37(57-79-55(33-11-3-1-4-12-33)78-56(80-57)34-13-5-2-6-14-34)30-53(54(52)62(75,76)77)82-49-18-10-8-16-43(49)45-28-36(20-26-51(45)82)41-24-22-39(59(66,67)68)32-47(41)61(72,73)74/h1-32H. The van der Waals surface area contributed by atoms with Gasteiger partial charge in [0.05, 0.1) is 55.7 Å². The van der Waals surface area contributed by atoms with Crippen molar-refractivity contribution in [2.75, 3.05) is 0 Å². The Bertz CT molecular complexity index is 4220. The minimum absolute atomic E-state index is 0.00786. The molecule has 410 valence electrons. The monoisotopic (exact) mass is 1130 g/mol. The van der Waals surface area contributed by atoms with Gasteiger partial charge in [0.1, 0.15) is 5.56 Å². The predicted molar refractivity (Wildman–Crippen MR) is 281 cm³/mol. The summed E-state index contributed by atoms with van der Waals surface area (Å²) >= 11 is 0. The molecule has 12 aromatic rings. The summed E-state index contributed by atoms with van der Waals surface area (Å²) in [4.78, 5) is 14.4. The van der Waals surface area contributed by atoms with Crippen molar-refractivity contribution < 1.29 is 65.9 Å². The number of hydrogen-bond acceptors (Lipinski definition) is 3. The molecule has 0 fully saturated rings. The lowest BCUT2D eigenvalue weighted by molar-refractivity contribution is -0.144. The van der Waals surface area contributed by atoms with Gasteiger partial charge in [0, 0.05) is 38.2 Å². The highest BCUT2D eigenvalue weighted by atomic mass is 19.4. The Morgan fingerprint density at radius 2 is 0.622 bits per heavy atom. The zero-order valence-corrected chi connectivity index (χ0v) is 41.4. The molecule has 0 saturated heterocycles. The van der Waals surface area contributed by atoms with E-state index < -0.39 is 81.2 Å². The molecular formula is C62H32F15N5. The van der Waals surface area contributed by atoms with E-state index in [1.807, 2.05) is 0 Å². The summed E-state index contributed by atoms with van der Waals surface area (Å²) in [5.74, 6) is 0.0902. The van der Waals surface area contributed by atoms with E-state index in [1.54, 1.807) is 72.8 Å². The van der Waals surface area contributed by atoms with Gasteiger partial charge in [-0.1, -0.05) is 121 Å². The van der Waals surface area contributed by atoms with Crippen LogP contribution in [-0.2, 0) is 30.9 Å². The molecule has 0 atom stereocenters. The Hall–Kier alpha value is -9.46. The number of nitrogens with zero attached hydrogens (tertiary/aromatic N) is 5. The van der Waals surface area contributed by atoms with Crippen molar-refractivity contribution in [1.82, 2.24) is 24.1 Å². The van der Waals surface area contributed by atoms with Crippen molar-refractivity contribution in [3.63, 3.8) is 0 Å². The topological polar surface area (TPSA) is 48.5 Å². The van der Waals surface area contributed by atoms with E-state index in [9.17, 15) is 52.7 Å². The van der Waals surface area contributed by atoms with E-state index in [0.717, 1.165) is 12.1 Å². The van der Waals surface area contributed by atoms with E-state index >= 15 is 13.2 Å². The summed E-state index contributed by atoms with van der Waals surface area (Å²) in [7, 11) is 0. The molecule has 0 spiro atoms. The first-order valence-corrected chi connectivity index (χ1v) is 24.6. The van der Waals surface area contributed by atoms with Crippen LogP contribution in [-0.4, -0.2) is 24.1 Å². The number of halogens is 15. The average molecular weight is 1130 g/mol. The third-order valence-corrected chi connectivity index (χ3v) is 14.1. The Kier molecular flexibility index (Phi) is 12.4. The second-order valence-corrected chi connectivity index (χ2v) is 19.1. The zero-order chi connectivity index (χ0) is 57.8. The SMILES string of the molecule is FC(F)(F)c1ccc(-c2ccc3c(c2)c2ccccc2n3-c2cc(-c3nc(-c4ccccc4)nc(-c4ccccc4)n3)cc(-n3c4ccccc4c4cc(-c5ccc(C(F)(F)F)cc5C(F)(F)F)ccc43)c2C(F)(F)F)c(C(F)(F)F)c1. The van der Waals surface area contributed by atoms with E-state index in [1.165, 1.54) is 81.9 Å². The molecule has 0 bridgehead atoms. The van der Waals surface area contributed by atoms with Crippen molar-refractivity contribution in [2.45, 2.75) is 30.9 Å². The van der Waals surface area contributed by atoms with E-state index in [2.05, 4.69) is 0 Å². The van der Waals surface area contributed by atoms with Gasteiger partial charge in [-0.05, 0) is 95.1 Å². The highest BCUT2D eigenvalue weighted by Gasteiger charge is 2.42. The first-order valence-electron chi connectivity index (χ1n) is 24.6. The van der Waals surface area contributed by atoms with Gasteiger partial charge in [0.25, 0.3) is 0 Å². The van der Waals surface area contributed by atoms with Crippen LogP contribution in [0.3, 0.4) is 0 Å². The number of benzene rings is 9. The van der Waals surface area contributed by atoms with Crippen molar-refractivity contribution in [2.24, 2.45) is 0 Å². The lowest BCUT2D eigenvalue weighted by Crippen LogP contribution is -2.16. The van der Waals surface area contributed by atoms with Crippen LogP contribution in [0, 0.1) is 0 Å². The van der Waals surface area contributed by atoms with Crippen molar-refractivity contribution in [1.29, 1.82) is 0 Å². The van der Waals surface area contributed by atoms with Crippen molar-refractivity contribution in [3.05, 3.63) is 222 Å². The maximum absolute atomic E-state index is 16.9. The fraction of sp³-hybridized carbons (Fsp3) is 0.0806. The van der Waals surface area contributed by atoms with Crippen LogP contribution in [0.5, 0.6) is 0 Å². The van der Waals surface area contributed by atoms with Gasteiger partial charge in [-0.15, -0.1) is 0 Å². The molecule has 20 heteroatoms. The van der Waals surface area contributed by atoms with Gasteiger partial charge in [-0.25, -0.2) is 15.0 Å². The molecular weight excluding hydrogens is 1100 g/mol. The average Bonchev–Trinajstić information content (AvgIpc) is 2.81. The summed E-state index contributed by atoms with van der Waals surface area (Å²) in [6, 6.07) is 41.4. The van der Waals surface area contributed by atoms with E-state index in [0.29, 0.717) is 35.4 Å². The van der Waals surface area contributed by atoms with Crippen molar-refractivity contribution in [3.8, 4) is 67.8 Å². The molecule has 0 unspecified atom stereocenters. The molecule has 0 aliphatic heterocycles. The molecule has 0 saturated carbocycles. The van der Waals surface area contributed by atoms with Crippen LogP contribution in [0.1, 0.15) is 27.8 Å². The lowest BCUT2D eigenvalue weighted by atomic mass is 9.95. The third-order valence-electron chi connectivity index (χ3n) is 14.1. The molecule has 0 amide bonds. The van der Waals surface area contributed by atoms with Crippen LogP contribution in [0.2, 0.25) is 0 Å². The Labute approximate surface area is 452 Å². The summed E-state index contributed by atoms with van der Waals surface area (Å²) in [6.45, 7) is 0. The second kappa shape index (κ2) is 19.1. The molecule has 12 rings (SSSR count). The Balaban J connectivity index is 1.18. The number of hydrogen-bond donors (Lipinski definition) is 0. The van der Waals surface area contributed by atoms with E-state index in [-0.39, 0.29) is 89.9 Å². The number of alkyl halides is 15. The number of para-hydroxylation sites is 2. The summed E-state index contributed by atoms with van der Waals surface area (Å²) in [6.07, 6.45) is -26.1. The van der Waals surface area contributed by atoms with Crippen molar-refractivity contribution >= 4 is 43.6 Å². The van der Waals surface area contributed by atoms with Gasteiger partial charge < -0.3 is 9.13 Å². The zero-order valence-electron chi connectivity index (χ0n) is 41.4. The van der Waals surface area contributed by atoms with Gasteiger partial charge in [-0.2, -0.15) is 65.9 Å². The maximum atomic E-state index is 16.9. The van der Waals surface area contributed by atoms with Gasteiger partial charge in [0.15, 0.2) is 17.5 Å². The summed E-state index contributed by atoms with van der Waals surface area (Å²) < 4.78 is 224. The summed E-state index contributed by atoms with van der Waals surface area (Å²) in [5.41, 5.74) is -9.32. The van der Waals surface area contributed by atoms with Gasteiger partial charge >= 0.3 is 30.9 Å². The minimum Gasteiger partial charge on any atom is -0.309 e. The quantitative estimate of drug-likeness (QED) is 0.149. The fourth-order valence-electron chi connectivity index (χ4n) is 10.5. The Morgan fingerprint density at radius 1 is 0.268 bits per heavy atom. The molecule has 3 aromatic heterocycles. The number of aromatic nitrogens is 5. The summed E-state index contributed by atoms with van der Waals surface area (Å²) in [5, 5.41) is 0.655. The molecule has 0 N–H and O–H groups in total. The van der Waals surface area contributed by atoms with Crippen LogP contribution >= 0.6 is 0 Å². The predicted octanol–water partition coefficient (Wildman–Crippen LogP) is 19.5. The molecule has 0 radical (unpaired) electrons. The molecule has 5 nitrogen and oxygen atoms in total. The van der Waals surface area contributed by atoms with Gasteiger partial charge in [-0.3, -0.25) is 0 Å². The van der Waals surface area contributed by atoms with Crippen LogP contribution in [0.25, 0.3) is 111 Å².